The maximum atomic E-state index is 12.2. The zero-order valence-electron chi connectivity index (χ0n) is 17.0. The maximum Gasteiger partial charge on any atom is 0.343 e. The van der Waals surface area contributed by atoms with Crippen LogP contribution in [0.5, 0.6) is 11.5 Å². The third-order valence-electron chi connectivity index (χ3n) is 4.37. The molecule has 0 radical (unpaired) electrons. The number of rotatable bonds is 10. The second-order valence-corrected chi connectivity index (χ2v) is 13.7. The summed E-state index contributed by atoms with van der Waals surface area (Å²) in [4.78, 5) is 12.2. The number of hydrogen-bond donors (Lipinski definition) is 0. The molecule has 0 saturated heterocycles. The second kappa shape index (κ2) is 10.7. The summed E-state index contributed by atoms with van der Waals surface area (Å²) in [6, 6.07) is 16.9. The molecule has 0 aliphatic carbocycles. The number of hydrogen-bond acceptors (Lipinski definition) is 4. The minimum absolute atomic E-state index is 0.415. The second-order valence-electron chi connectivity index (χ2n) is 8.12. The fraction of sp³-hybridized carbons (Fsp3) is 0.391. The summed E-state index contributed by atoms with van der Waals surface area (Å²) in [6.07, 6.45) is 4.84. The van der Waals surface area contributed by atoms with E-state index in [0.717, 1.165) is 12.2 Å². The lowest BCUT2D eigenvalue weighted by atomic mass is 10.2. The van der Waals surface area contributed by atoms with Crippen molar-refractivity contribution in [2.24, 2.45) is 0 Å². The quantitative estimate of drug-likeness (QED) is 0.212. The van der Waals surface area contributed by atoms with Crippen LogP contribution in [0.3, 0.4) is 0 Å². The monoisotopic (exact) mass is 395 g/mol. The molecule has 0 N–H and O–H groups in total. The van der Waals surface area contributed by atoms with Crippen LogP contribution in [0.4, 0.5) is 0 Å². The van der Waals surface area contributed by atoms with Gasteiger partial charge in [0.05, 0.1) is 23.8 Å². The highest BCUT2D eigenvalue weighted by atomic mass is 28.3. The molecule has 0 spiro atoms. The van der Waals surface area contributed by atoms with Crippen molar-refractivity contribution >= 4 is 14.0 Å². The first-order valence-electron chi connectivity index (χ1n) is 9.83. The SMILES string of the molecule is C[Si](C)(C)CCCCCCOc1ccc(C(=O)Oc2ccc(C#N)cc2)cc1. The first kappa shape index (κ1) is 21.7. The minimum Gasteiger partial charge on any atom is -0.494 e. The number of esters is 1. The number of benzene rings is 2. The summed E-state index contributed by atoms with van der Waals surface area (Å²) in [5.41, 5.74) is 0.986. The Labute approximate surface area is 169 Å². The number of carbonyl (C=O) groups excluding carboxylic acids is 1. The van der Waals surface area contributed by atoms with Crippen LogP contribution in [0, 0.1) is 11.3 Å². The summed E-state index contributed by atoms with van der Waals surface area (Å²) in [6.45, 7) is 7.95. The van der Waals surface area contributed by atoms with Gasteiger partial charge in [-0.3, -0.25) is 0 Å². The van der Waals surface area contributed by atoms with Gasteiger partial charge in [-0.2, -0.15) is 5.26 Å². The molecule has 2 aromatic carbocycles. The molecule has 0 saturated carbocycles. The number of unbranched alkanes of at least 4 members (excludes halogenated alkanes) is 3. The van der Waals surface area contributed by atoms with Crippen molar-refractivity contribution in [1.29, 1.82) is 5.26 Å². The highest BCUT2D eigenvalue weighted by molar-refractivity contribution is 6.76. The van der Waals surface area contributed by atoms with Gasteiger partial charge in [0.15, 0.2) is 0 Å². The molecular formula is C23H29NO3Si. The van der Waals surface area contributed by atoms with Crippen molar-refractivity contribution in [2.75, 3.05) is 6.61 Å². The molecule has 0 aliphatic heterocycles. The Morgan fingerprint density at radius 3 is 2.11 bits per heavy atom. The summed E-state index contributed by atoms with van der Waals surface area (Å²) < 4.78 is 11.1. The average Bonchev–Trinajstić information content (AvgIpc) is 2.67. The van der Waals surface area contributed by atoms with E-state index in [1.54, 1.807) is 48.5 Å². The van der Waals surface area contributed by atoms with Crippen LogP contribution >= 0.6 is 0 Å². The van der Waals surface area contributed by atoms with E-state index in [0.29, 0.717) is 23.5 Å². The van der Waals surface area contributed by atoms with Gasteiger partial charge in [0.1, 0.15) is 11.5 Å². The molecule has 0 bridgehead atoms. The number of carbonyl (C=O) groups is 1. The van der Waals surface area contributed by atoms with Crippen LogP contribution in [-0.4, -0.2) is 20.7 Å². The topological polar surface area (TPSA) is 59.3 Å². The summed E-state index contributed by atoms with van der Waals surface area (Å²) in [5, 5.41) is 8.79. The molecule has 0 fully saturated rings. The molecule has 28 heavy (non-hydrogen) atoms. The lowest BCUT2D eigenvalue weighted by molar-refractivity contribution is 0.0734. The number of nitriles is 1. The zero-order valence-corrected chi connectivity index (χ0v) is 18.0. The van der Waals surface area contributed by atoms with Gasteiger partial charge < -0.3 is 9.47 Å². The van der Waals surface area contributed by atoms with Crippen LogP contribution in [0.2, 0.25) is 25.7 Å². The Morgan fingerprint density at radius 1 is 0.893 bits per heavy atom. The fourth-order valence-electron chi connectivity index (χ4n) is 2.75. The van der Waals surface area contributed by atoms with Crippen LogP contribution < -0.4 is 9.47 Å². The molecule has 0 aliphatic rings. The minimum atomic E-state index is -0.904. The van der Waals surface area contributed by atoms with Crippen molar-refractivity contribution in [3.63, 3.8) is 0 Å². The molecule has 0 aromatic heterocycles. The lowest BCUT2D eigenvalue weighted by Crippen LogP contribution is -2.18. The molecule has 0 amide bonds. The summed E-state index contributed by atoms with van der Waals surface area (Å²) in [5.74, 6) is 0.745. The Bertz CT molecular complexity index is 787. The lowest BCUT2D eigenvalue weighted by Gasteiger charge is -2.14. The number of ether oxygens (including phenoxy) is 2. The highest BCUT2D eigenvalue weighted by Crippen LogP contribution is 2.18. The van der Waals surface area contributed by atoms with Crippen molar-refractivity contribution in [1.82, 2.24) is 0 Å². The molecule has 2 rings (SSSR count). The summed E-state index contributed by atoms with van der Waals surface area (Å²) in [7, 11) is -0.904. The van der Waals surface area contributed by atoms with Crippen molar-refractivity contribution in [3.8, 4) is 17.6 Å². The normalized spacial score (nSPS) is 10.9. The number of nitrogens with zero attached hydrogens (tertiary/aromatic N) is 1. The maximum absolute atomic E-state index is 12.2. The van der Waals surface area contributed by atoms with E-state index in [1.165, 1.54) is 25.3 Å². The highest BCUT2D eigenvalue weighted by Gasteiger charge is 2.11. The third kappa shape index (κ3) is 7.97. The van der Waals surface area contributed by atoms with Gasteiger partial charge in [-0.05, 0) is 55.0 Å². The molecule has 148 valence electrons. The van der Waals surface area contributed by atoms with E-state index >= 15 is 0 Å². The van der Waals surface area contributed by atoms with Crippen molar-refractivity contribution in [3.05, 3.63) is 59.7 Å². The smallest absolute Gasteiger partial charge is 0.343 e. The van der Waals surface area contributed by atoms with Crippen LogP contribution in [-0.2, 0) is 0 Å². The van der Waals surface area contributed by atoms with Crippen molar-refractivity contribution in [2.45, 2.75) is 51.4 Å². The van der Waals surface area contributed by atoms with Gasteiger partial charge in [-0.15, -0.1) is 0 Å². The van der Waals surface area contributed by atoms with E-state index in [2.05, 4.69) is 19.6 Å². The first-order chi connectivity index (χ1) is 13.4. The zero-order chi connectivity index (χ0) is 20.4. The molecule has 0 unspecified atom stereocenters. The molecule has 4 nitrogen and oxygen atoms in total. The van der Waals surface area contributed by atoms with Gasteiger partial charge >= 0.3 is 5.97 Å². The fourth-order valence-corrected chi connectivity index (χ4v) is 4.06. The standard InChI is InChI=1S/C23H29NO3Si/c1-28(2,3)17-7-5-4-6-16-26-21-14-10-20(11-15-21)23(25)27-22-12-8-19(18-24)9-13-22/h8-15H,4-7,16-17H2,1-3H3. The van der Waals surface area contributed by atoms with Crippen LogP contribution in [0.25, 0.3) is 0 Å². The van der Waals surface area contributed by atoms with E-state index in [1.807, 2.05) is 6.07 Å². The Hall–Kier alpha value is -2.58. The van der Waals surface area contributed by atoms with Gasteiger partial charge in [-0.1, -0.05) is 44.9 Å². The first-order valence-corrected chi connectivity index (χ1v) is 13.5. The van der Waals surface area contributed by atoms with Gasteiger partial charge in [0.25, 0.3) is 0 Å². The summed E-state index contributed by atoms with van der Waals surface area (Å²) >= 11 is 0. The molecular weight excluding hydrogens is 366 g/mol. The van der Waals surface area contributed by atoms with Crippen LogP contribution in [0.1, 0.15) is 41.6 Å². The molecule has 0 atom stereocenters. The molecule has 0 heterocycles. The Morgan fingerprint density at radius 2 is 1.50 bits per heavy atom. The van der Waals surface area contributed by atoms with Gasteiger partial charge in [0.2, 0.25) is 0 Å². The largest absolute Gasteiger partial charge is 0.494 e. The Kier molecular flexibility index (Phi) is 8.28. The van der Waals surface area contributed by atoms with Crippen LogP contribution in [0.15, 0.2) is 48.5 Å². The van der Waals surface area contributed by atoms with E-state index in [-0.39, 0.29) is 0 Å². The predicted octanol–water partition coefficient (Wildman–Crippen LogP) is 6.05. The van der Waals surface area contributed by atoms with E-state index in [9.17, 15) is 4.79 Å². The van der Waals surface area contributed by atoms with E-state index in [4.69, 9.17) is 14.7 Å². The molecule has 2 aromatic rings. The Balaban J connectivity index is 1.70. The van der Waals surface area contributed by atoms with Gasteiger partial charge in [-0.25, -0.2) is 4.79 Å². The van der Waals surface area contributed by atoms with Gasteiger partial charge in [0, 0.05) is 8.07 Å². The third-order valence-corrected chi connectivity index (χ3v) is 6.23. The predicted molar refractivity (Wildman–Crippen MR) is 115 cm³/mol. The van der Waals surface area contributed by atoms with E-state index < -0.39 is 14.0 Å². The van der Waals surface area contributed by atoms with Crippen molar-refractivity contribution < 1.29 is 14.3 Å². The average molecular weight is 396 g/mol. The molecule has 5 heteroatoms.